The molecule has 1 aromatic rings. The number of benzene rings is 1. The van der Waals surface area contributed by atoms with Crippen LogP contribution in [0.15, 0.2) is 18.2 Å². The Morgan fingerprint density at radius 1 is 1.20 bits per heavy atom. The molecule has 0 fully saturated rings. The standard InChI is InChI=1S/C10H5F3N2/c1-14-6-7-3-4-8(10(11,12)13)9(5-7)15-2/h3-5H,6H2. The number of halogens is 3. The van der Waals surface area contributed by atoms with Gasteiger partial charge in [0.1, 0.15) is 0 Å². The third-order valence-corrected chi connectivity index (χ3v) is 1.75. The maximum absolute atomic E-state index is 12.3. The van der Waals surface area contributed by atoms with Crippen LogP contribution in [0.25, 0.3) is 9.69 Å². The van der Waals surface area contributed by atoms with Crippen molar-refractivity contribution in [3.63, 3.8) is 0 Å². The van der Waals surface area contributed by atoms with Crippen molar-refractivity contribution in [2.24, 2.45) is 0 Å². The molecule has 76 valence electrons. The highest BCUT2D eigenvalue weighted by molar-refractivity contribution is 5.55. The van der Waals surface area contributed by atoms with Gasteiger partial charge in [-0.3, -0.25) is 0 Å². The van der Waals surface area contributed by atoms with Crippen molar-refractivity contribution in [1.29, 1.82) is 0 Å². The first kappa shape index (κ1) is 11.1. The fraction of sp³-hybridized carbons (Fsp3) is 0.200. The summed E-state index contributed by atoms with van der Waals surface area (Å²) in [4.78, 5) is 5.85. The molecule has 0 unspecified atom stereocenters. The van der Waals surface area contributed by atoms with Crippen molar-refractivity contribution in [3.05, 3.63) is 52.2 Å². The summed E-state index contributed by atoms with van der Waals surface area (Å²) in [6.45, 7) is 13.2. The highest BCUT2D eigenvalue weighted by atomic mass is 19.4. The molecule has 0 atom stereocenters. The molecule has 15 heavy (non-hydrogen) atoms. The summed E-state index contributed by atoms with van der Waals surface area (Å²) in [6.07, 6.45) is -4.52. The van der Waals surface area contributed by atoms with Gasteiger partial charge in [0.15, 0.2) is 5.69 Å². The van der Waals surface area contributed by atoms with Crippen LogP contribution < -0.4 is 0 Å². The van der Waals surface area contributed by atoms with Crippen LogP contribution in [0, 0.1) is 13.1 Å². The van der Waals surface area contributed by atoms with E-state index in [0.717, 1.165) is 12.1 Å². The van der Waals surface area contributed by atoms with Gasteiger partial charge >= 0.3 is 6.18 Å². The predicted molar refractivity (Wildman–Crippen MR) is 48.0 cm³/mol. The maximum Gasteiger partial charge on any atom is 0.407 e. The summed E-state index contributed by atoms with van der Waals surface area (Å²) in [6, 6.07) is 3.16. The number of rotatable bonds is 1. The fourth-order valence-electron chi connectivity index (χ4n) is 1.10. The SMILES string of the molecule is [C-]#[N+]Cc1ccc(C(F)(F)F)c([N+]#[C-])c1. The van der Waals surface area contributed by atoms with E-state index in [9.17, 15) is 13.2 Å². The normalized spacial score (nSPS) is 10.5. The Labute approximate surface area is 84.6 Å². The highest BCUT2D eigenvalue weighted by Gasteiger charge is 2.33. The minimum Gasteiger partial charge on any atom is -0.312 e. The van der Waals surface area contributed by atoms with Gasteiger partial charge in [0, 0.05) is 5.56 Å². The summed E-state index contributed by atoms with van der Waals surface area (Å²) in [5, 5.41) is 0. The lowest BCUT2D eigenvalue weighted by Crippen LogP contribution is -2.05. The van der Waals surface area contributed by atoms with Crippen LogP contribution in [0.3, 0.4) is 0 Å². The van der Waals surface area contributed by atoms with Gasteiger partial charge in [-0.25, -0.2) is 11.4 Å². The second-order valence-electron chi connectivity index (χ2n) is 2.78. The Morgan fingerprint density at radius 2 is 1.87 bits per heavy atom. The highest BCUT2D eigenvalue weighted by Crippen LogP contribution is 2.36. The largest absolute Gasteiger partial charge is 0.407 e. The summed E-state index contributed by atoms with van der Waals surface area (Å²) in [7, 11) is 0. The smallest absolute Gasteiger partial charge is 0.312 e. The molecule has 2 nitrogen and oxygen atoms in total. The first-order valence-corrected chi connectivity index (χ1v) is 3.90. The zero-order valence-electron chi connectivity index (χ0n) is 7.47. The van der Waals surface area contributed by atoms with Gasteiger partial charge in [0.2, 0.25) is 6.54 Å². The van der Waals surface area contributed by atoms with E-state index >= 15 is 0 Å². The molecular weight excluding hydrogens is 205 g/mol. The van der Waals surface area contributed by atoms with Crippen LogP contribution in [0.4, 0.5) is 18.9 Å². The van der Waals surface area contributed by atoms with E-state index in [1.54, 1.807) is 0 Å². The Hall–Kier alpha value is -2.01. The van der Waals surface area contributed by atoms with E-state index in [1.165, 1.54) is 6.07 Å². The zero-order valence-corrected chi connectivity index (χ0v) is 7.47. The lowest BCUT2D eigenvalue weighted by atomic mass is 10.1. The monoisotopic (exact) mass is 210 g/mol. The van der Waals surface area contributed by atoms with Gasteiger partial charge in [-0.05, 0) is 6.07 Å². The molecule has 0 bridgehead atoms. The molecule has 5 heteroatoms. The molecule has 0 aliphatic rings. The topological polar surface area (TPSA) is 8.72 Å². The number of hydrogen-bond donors (Lipinski definition) is 0. The molecule has 0 aromatic heterocycles. The predicted octanol–water partition coefficient (Wildman–Crippen LogP) is 3.68. The van der Waals surface area contributed by atoms with Crippen molar-refractivity contribution in [1.82, 2.24) is 0 Å². The van der Waals surface area contributed by atoms with E-state index < -0.39 is 17.4 Å². The minimum absolute atomic E-state index is 0.0132. The second-order valence-corrected chi connectivity index (χ2v) is 2.78. The first-order valence-electron chi connectivity index (χ1n) is 3.90. The number of hydrogen-bond acceptors (Lipinski definition) is 0. The lowest BCUT2D eigenvalue weighted by Gasteiger charge is -2.08. The van der Waals surface area contributed by atoms with E-state index in [2.05, 4.69) is 9.69 Å². The third-order valence-electron chi connectivity index (χ3n) is 1.75. The molecule has 1 rings (SSSR count). The van der Waals surface area contributed by atoms with Gasteiger partial charge in [0.05, 0.1) is 12.1 Å². The van der Waals surface area contributed by atoms with Crippen molar-refractivity contribution in [2.45, 2.75) is 12.7 Å². The summed E-state index contributed by atoms with van der Waals surface area (Å²) in [5.41, 5.74) is -0.987. The number of nitrogens with zero attached hydrogens (tertiary/aromatic N) is 2. The van der Waals surface area contributed by atoms with Crippen LogP contribution >= 0.6 is 0 Å². The van der Waals surface area contributed by atoms with Crippen LogP contribution in [-0.2, 0) is 12.7 Å². The van der Waals surface area contributed by atoms with Gasteiger partial charge in [-0.1, -0.05) is 12.1 Å². The summed E-state index contributed by atoms with van der Waals surface area (Å²) < 4.78 is 37.0. The van der Waals surface area contributed by atoms with Crippen LogP contribution in [0.5, 0.6) is 0 Å². The Balaban J connectivity index is 3.24. The quantitative estimate of drug-likeness (QED) is 0.625. The summed E-state index contributed by atoms with van der Waals surface area (Å²) >= 11 is 0. The maximum atomic E-state index is 12.3. The molecule has 0 amide bonds. The Morgan fingerprint density at radius 3 is 2.33 bits per heavy atom. The molecule has 0 aliphatic carbocycles. The van der Waals surface area contributed by atoms with E-state index in [-0.39, 0.29) is 6.54 Å². The van der Waals surface area contributed by atoms with Gasteiger partial charge < -0.3 is 4.85 Å². The Kier molecular flexibility index (Phi) is 2.96. The van der Waals surface area contributed by atoms with Gasteiger partial charge in [-0.15, -0.1) is 0 Å². The average molecular weight is 210 g/mol. The van der Waals surface area contributed by atoms with E-state index in [0.29, 0.717) is 5.56 Å². The van der Waals surface area contributed by atoms with E-state index in [4.69, 9.17) is 13.1 Å². The molecule has 0 heterocycles. The fourth-order valence-corrected chi connectivity index (χ4v) is 1.10. The lowest BCUT2D eigenvalue weighted by molar-refractivity contribution is -0.136. The average Bonchev–Trinajstić information content (AvgIpc) is 2.16. The van der Waals surface area contributed by atoms with E-state index in [1.807, 2.05) is 0 Å². The van der Waals surface area contributed by atoms with Crippen molar-refractivity contribution < 1.29 is 13.2 Å². The van der Waals surface area contributed by atoms with Crippen LogP contribution in [0.2, 0.25) is 0 Å². The van der Waals surface area contributed by atoms with Crippen LogP contribution in [-0.4, -0.2) is 0 Å². The molecule has 0 spiro atoms. The summed E-state index contributed by atoms with van der Waals surface area (Å²) in [5.74, 6) is 0. The second kappa shape index (κ2) is 4.02. The molecule has 0 saturated heterocycles. The van der Waals surface area contributed by atoms with Crippen molar-refractivity contribution >= 4 is 5.69 Å². The third kappa shape index (κ3) is 2.47. The molecule has 0 aliphatic heterocycles. The van der Waals surface area contributed by atoms with Gasteiger partial charge in [-0.2, -0.15) is 13.2 Å². The van der Waals surface area contributed by atoms with Crippen LogP contribution in [0.1, 0.15) is 11.1 Å². The van der Waals surface area contributed by atoms with Crippen molar-refractivity contribution in [2.75, 3.05) is 0 Å². The molecule has 1 aromatic carbocycles. The molecular formula is C10H5F3N2. The Bertz CT molecular complexity index is 449. The molecule has 0 N–H and O–H groups in total. The van der Waals surface area contributed by atoms with Gasteiger partial charge in [0.25, 0.3) is 0 Å². The van der Waals surface area contributed by atoms with Crippen molar-refractivity contribution in [3.8, 4) is 0 Å². The molecule has 0 radical (unpaired) electrons. The first-order chi connectivity index (χ1) is 6.99. The zero-order chi connectivity index (χ0) is 11.5. The number of alkyl halides is 3. The molecule has 0 saturated carbocycles. The minimum atomic E-state index is -4.52.